The molecule has 0 aliphatic carbocycles. The lowest BCUT2D eigenvalue weighted by atomic mass is 10.1. The molecule has 0 saturated carbocycles. The summed E-state index contributed by atoms with van der Waals surface area (Å²) in [6.07, 6.45) is 1.66. The number of hydrogen-bond donors (Lipinski definition) is 0. The number of para-hydroxylation sites is 1. The molecule has 0 saturated heterocycles. The average molecular weight is 430 g/mol. The highest BCUT2D eigenvalue weighted by Gasteiger charge is 2.17. The van der Waals surface area contributed by atoms with E-state index in [2.05, 4.69) is 16.8 Å². The van der Waals surface area contributed by atoms with E-state index in [1.807, 2.05) is 47.7 Å². The third-order valence-corrected chi connectivity index (χ3v) is 6.11. The zero-order valence-corrected chi connectivity index (χ0v) is 17.6. The Balaban J connectivity index is 1.65. The monoisotopic (exact) mass is 430 g/mol. The van der Waals surface area contributed by atoms with Crippen LogP contribution in [-0.4, -0.2) is 19.2 Å². The largest absolute Gasteiger partial charge is 0.423 e. The van der Waals surface area contributed by atoms with E-state index >= 15 is 0 Å². The number of benzene rings is 2. The molecule has 0 aliphatic heterocycles. The molecule has 0 amide bonds. The molecule has 0 unspecified atom stereocenters. The van der Waals surface area contributed by atoms with Crippen LogP contribution in [0.2, 0.25) is 0 Å². The summed E-state index contributed by atoms with van der Waals surface area (Å²) in [4.78, 5) is 25.0. The molecule has 5 rings (SSSR count). The summed E-state index contributed by atoms with van der Waals surface area (Å²) in [5.74, 6) is 0.958. The number of fused-ring (bicyclic) bond motifs is 4. The third kappa shape index (κ3) is 3.25. The van der Waals surface area contributed by atoms with E-state index in [9.17, 15) is 9.59 Å². The number of thioether (sulfide) groups is 1. The zero-order chi connectivity index (χ0) is 21.5. The van der Waals surface area contributed by atoms with Crippen molar-refractivity contribution in [2.45, 2.75) is 24.4 Å². The van der Waals surface area contributed by atoms with Crippen LogP contribution in [0.15, 0.2) is 80.3 Å². The van der Waals surface area contributed by atoms with Crippen LogP contribution in [0.3, 0.4) is 0 Å². The van der Waals surface area contributed by atoms with Crippen molar-refractivity contribution in [2.24, 2.45) is 0 Å². The summed E-state index contributed by atoms with van der Waals surface area (Å²) in [6, 6.07) is 14.7. The first-order valence-electron chi connectivity index (χ1n) is 9.70. The van der Waals surface area contributed by atoms with Gasteiger partial charge in [0.15, 0.2) is 5.16 Å². The van der Waals surface area contributed by atoms with Crippen LogP contribution in [0.4, 0.5) is 0 Å². The van der Waals surface area contributed by atoms with Crippen molar-refractivity contribution in [1.82, 2.24) is 19.2 Å². The predicted molar refractivity (Wildman–Crippen MR) is 122 cm³/mol. The van der Waals surface area contributed by atoms with Crippen molar-refractivity contribution in [3.63, 3.8) is 0 Å². The van der Waals surface area contributed by atoms with Gasteiger partial charge in [0.05, 0.1) is 10.9 Å². The maximum atomic E-state index is 12.9. The predicted octanol–water partition coefficient (Wildman–Crippen LogP) is 3.94. The van der Waals surface area contributed by atoms with Crippen LogP contribution < -0.4 is 11.2 Å². The van der Waals surface area contributed by atoms with E-state index in [0.29, 0.717) is 34.2 Å². The van der Waals surface area contributed by atoms with Gasteiger partial charge in [0, 0.05) is 23.8 Å². The zero-order valence-electron chi connectivity index (χ0n) is 16.7. The molecule has 5 aromatic rings. The normalized spacial score (nSPS) is 11.5. The summed E-state index contributed by atoms with van der Waals surface area (Å²) in [6.45, 7) is 6.04. The van der Waals surface area contributed by atoms with Crippen molar-refractivity contribution in [2.75, 3.05) is 0 Å². The molecular formula is C23H18N4O3S. The Labute approximate surface area is 180 Å². The van der Waals surface area contributed by atoms with Gasteiger partial charge in [0.2, 0.25) is 5.78 Å². The fraction of sp³-hybridized carbons (Fsp3) is 0.130. The maximum Gasteiger partial charge on any atom is 0.336 e. The average Bonchev–Trinajstić information content (AvgIpc) is 3.18. The fourth-order valence-corrected chi connectivity index (χ4v) is 4.65. The lowest BCUT2D eigenvalue weighted by Gasteiger charge is -2.10. The SMILES string of the molecule is C=CCn1c(=O)c2ccccc2n2c(SCc3cc(=O)oc4cc(C)ccc34)nnc12. The minimum atomic E-state index is -0.384. The Hall–Kier alpha value is -3.65. The molecule has 0 spiro atoms. The maximum absolute atomic E-state index is 12.9. The summed E-state index contributed by atoms with van der Waals surface area (Å²) < 4.78 is 8.79. The van der Waals surface area contributed by atoms with Gasteiger partial charge < -0.3 is 4.42 Å². The van der Waals surface area contributed by atoms with Crippen molar-refractivity contribution in [3.8, 4) is 0 Å². The molecule has 3 heterocycles. The molecule has 8 heteroatoms. The van der Waals surface area contributed by atoms with E-state index in [1.54, 1.807) is 16.7 Å². The Morgan fingerprint density at radius 3 is 2.77 bits per heavy atom. The lowest BCUT2D eigenvalue weighted by molar-refractivity contribution is 0.559. The van der Waals surface area contributed by atoms with E-state index in [4.69, 9.17) is 4.42 Å². The number of aryl methyl sites for hydroxylation is 1. The standard InChI is InChI=1S/C23H18N4O3S/c1-3-10-26-21(29)17-6-4-5-7-18(17)27-22(26)24-25-23(27)31-13-15-12-20(28)30-19-11-14(2)8-9-16(15)19/h3-9,11-12H,1,10,13H2,2H3. The first-order valence-corrected chi connectivity index (χ1v) is 10.7. The van der Waals surface area contributed by atoms with Crippen LogP contribution in [0, 0.1) is 6.92 Å². The number of nitrogens with zero attached hydrogens (tertiary/aromatic N) is 4. The molecule has 0 bridgehead atoms. The van der Waals surface area contributed by atoms with Gasteiger partial charge in [-0.25, -0.2) is 4.79 Å². The Kier molecular flexibility index (Phi) is 4.71. The number of hydrogen-bond acceptors (Lipinski definition) is 6. The van der Waals surface area contributed by atoms with Gasteiger partial charge in [-0.05, 0) is 36.2 Å². The minimum Gasteiger partial charge on any atom is -0.423 e. The summed E-state index contributed by atoms with van der Waals surface area (Å²) in [7, 11) is 0. The Bertz CT molecular complexity index is 1600. The number of rotatable bonds is 5. The van der Waals surface area contributed by atoms with Crippen LogP contribution in [0.1, 0.15) is 11.1 Å². The summed E-state index contributed by atoms with van der Waals surface area (Å²) in [5, 5.41) is 10.7. The van der Waals surface area contributed by atoms with Crippen LogP contribution in [0.25, 0.3) is 27.6 Å². The van der Waals surface area contributed by atoms with Crippen molar-refractivity contribution in [1.29, 1.82) is 0 Å². The molecule has 0 radical (unpaired) electrons. The second-order valence-electron chi connectivity index (χ2n) is 7.22. The highest BCUT2D eigenvalue weighted by Crippen LogP contribution is 2.28. The van der Waals surface area contributed by atoms with E-state index in [1.165, 1.54) is 17.8 Å². The molecule has 154 valence electrons. The van der Waals surface area contributed by atoms with Gasteiger partial charge >= 0.3 is 5.63 Å². The molecular weight excluding hydrogens is 412 g/mol. The molecule has 0 N–H and O–H groups in total. The Morgan fingerprint density at radius 1 is 1.10 bits per heavy atom. The Morgan fingerprint density at radius 2 is 1.94 bits per heavy atom. The first kappa shape index (κ1) is 19.3. The van der Waals surface area contributed by atoms with E-state index in [-0.39, 0.29) is 11.2 Å². The first-order chi connectivity index (χ1) is 15.1. The second-order valence-corrected chi connectivity index (χ2v) is 8.16. The van der Waals surface area contributed by atoms with Gasteiger partial charge in [-0.3, -0.25) is 13.8 Å². The van der Waals surface area contributed by atoms with Gasteiger partial charge in [0.25, 0.3) is 5.56 Å². The number of aromatic nitrogens is 4. The molecule has 7 nitrogen and oxygen atoms in total. The fourth-order valence-electron chi connectivity index (χ4n) is 3.72. The molecule has 2 aromatic carbocycles. The van der Waals surface area contributed by atoms with Crippen LogP contribution in [0.5, 0.6) is 0 Å². The summed E-state index contributed by atoms with van der Waals surface area (Å²) >= 11 is 1.45. The second kappa shape index (κ2) is 7.55. The van der Waals surface area contributed by atoms with E-state index in [0.717, 1.165) is 22.0 Å². The molecule has 0 aliphatic rings. The smallest absolute Gasteiger partial charge is 0.336 e. The molecule has 31 heavy (non-hydrogen) atoms. The van der Waals surface area contributed by atoms with Gasteiger partial charge in [-0.15, -0.1) is 16.8 Å². The molecule has 0 fully saturated rings. The third-order valence-electron chi connectivity index (χ3n) is 5.13. The van der Waals surface area contributed by atoms with Gasteiger partial charge in [-0.1, -0.05) is 42.1 Å². The van der Waals surface area contributed by atoms with Crippen molar-refractivity contribution < 1.29 is 4.42 Å². The topological polar surface area (TPSA) is 82.4 Å². The molecule has 3 aromatic heterocycles. The van der Waals surface area contributed by atoms with Gasteiger partial charge in [0.1, 0.15) is 5.58 Å². The quantitative estimate of drug-likeness (QED) is 0.239. The van der Waals surface area contributed by atoms with Crippen LogP contribution in [-0.2, 0) is 12.3 Å². The minimum absolute atomic E-state index is 0.131. The van der Waals surface area contributed by atoms with Crippen molar-refractivity contribution >= 4 is 39.4 Å². The van der Waals surface area contributed by atoms with Gasteiger partial charge in [-0.2, -0.15) is 0 Å². The van der Waals surface area contributed by atoms with E-state index < -0.39 is 0 Å². The summed E-state index contributed by atoms with van der Waals surface area (Å²) in [5.41, 5.74) is 2.68. The van der Waals surface area contributed by atoms with Crippen molar-refractivity contribution in [3.05, 3.63) is 93.1 Å². The van der Waals surface area contributed by atoms with Crippen LogP contribution >= 0.6 is 11.8 Å². The number of allylic oxidation sites excluding steroid dienone is 1. The highest BCUT2D eigenvalue weighted by atomic mass is 32.2. The highest BCUT2D eigenvalue weighted by molar-refractivity contribution is 7.98. The lowest BCUT2D eigenvalue weighted by Crippen LogP contribution is -2.22. The molecule has 0 atom stereocenters.